The van der Waals surface area contributed by atoms with Crippen LogP contribution in [0.3, 0.4) is 0 Å². The van der Waals surface area contributed by atoms with E-state index in [-0.39, 0.29) is 18.5 Å². The van der Waals surface area contributed by atoms with Gasteiger partial charge in [-0.3, -0.25) is 0 Å². The highest BCUT2D eigenvalue weighted by atomic mass is 79.9. The molecule has 2 atom stereocenters. The Morgan fingerprint density at radius 1 is 0.741 bits per heavy atom. The van der Waals surface area contributed by atoms with Crippen molar-refractivity contribution >= 4 is 15.9 Å². The molecule has 0 aliphatic rings. The Balaban J connectivity index is 0. The summed E-state index contributed by atoms with van der Waals surface area (Å²) < 4.78 is 0.915. The molecule has 0 fully saturated rings. The van der Waals surface area contributed by atoms with Gasteiger partial charge < -0.3 is 22.0 Å². The lowest BCUT2D eigenvalue weighted by molar-refractivity contribution is -0.893. The first-order valence-corrected chi connectivity index (χ1v) is 12.4. The quantitative estimate of drug-likeness (QED) is 0.171. The molecule has 27 heavy (non-hydrogen) atoms. The molecule has 0 heterocycles. The number of alkyl halides is 1. The summed E-state index contributed by atoms with van der Waals surface area (Å²) in [6.45, 7) is 6.16. The summed E-state index contributed by atoms with van der Waals surface area (Å²) in [6, 6.07) is 0. The van der Waals surface area contributed by atoms with Crippen LogP contribution < -0.4 is 12.4 Å². The average molecular weight is 471 g/mol. The Hall–Kier alpha value is 0.690. The van der Waals surface area contributed by atoms with Crippen molar-refractivity contribution in [3.05, 3.63) is 0 Å². The number of nitrogens with zero attached hydrogens (tertiary/aromatic N) is 1. The maximum absolute atomic E-state index is 9.56. The van der Waals surface area contributed by atoms with E-state index in [1.807, 2.05) is 6.92 Å². The molecule has 0 aromatic rings. The van der Waals surface area contributed by atoms with E-state index in [2.05, 4.69) is 36.9 Å². The Kier molecular flexibility index (Phi) is 22.1. The Bertz CT molecular complexity index is 300. The highest BCUT2D eigenvalue weighted by Gasteiger charge is 2.19. The topological polar surface area (TPSA) is 20.2 Å². The molecule has 2 nitrogen and oxygen atoms in total. The maximum Gasteiger partial charge on any atom is 0.104 e. The molecular weight excluding hydrogens is 422 g/mol. The standard InChI is InChI=1S/C23H49BrNO.ClH/c1-5-6-7-8-9-10-11-12-13-14-15-16-17-18-23(24)19-20-25(3,4)21-22(2)26;/h22-23,26H,5-21H2,1-4H3;1H/q+1;/p-1. The van der Waals surface area contributed by atoms with Crippen LogP contribution in [0.25, 0.3) is 0 Å². The van der Waals surface area contributed by atoms with Crippen LogP contribution in [0.2, 0.25) is 0 Å². The van der Waals surface area contributed by atoms with Gasteiger partial charge in [0.1, 0.15) is 12.6 Å². The lowest BCUT2D eigenvalue weighted by Gasteiger charge is -2.31. The predicted octanol–water partition coefficient (Wildman–Crippen LogP) is 4.08. The zero-order valence-electron chi connectivity index (χ0n) is 18.8. The van der Waals surface area contributed by atoms with Crippen molar-refractivity contribution in [2.75, 3.05) is 27.2 Å². The molecule has 2 unspecified atom stereocenters. The van der Waals surface area contributed by atoms with Crippen molar-refractivity contribution in [2.45, 2.75) is 121 Å². The van der Waals surface area contributed by atoms with E-state index in [0.717, 1.165) is 17.6 Å². The molecular formula is C23H49BrClNO. The molecule has 0 saturated heterocycles. The summed E-state index contributed by atoms with van der Waals surface area (Å²) in [6.07, 6.45) is 20.8. The van der Waals surface area contributed by atoms with E-state index in [0.29, 0.717) is 4.83 Å². The highest BCUT2D eigenvalue weighted by Crippen LogP contribution is 2.18. The van der Waals surface area contributed by atoms with Gasteiger partial charge in [-0.1, -0.05) is 106 Å². The van der Waals surface area contributed by atoms with E-state index in [9.17, 15) is 5.11 Å². The van der Waals surface area contributed by atoms with Crippen LogP contribution in [0.15, 0.2) is 0 Å². The number of halogens is 2. The van der Waals surface area contributed by atoms with Crippen molar-refractivity contribution in [3.63, 3.8) is 0 Å². The van der Waals surface area contributed by atoms with Crippen LogP contribution in [0.5, 0.6) is 0 Å². The summed E-state index contributed by atoms with van der Waals surface area (Å²) in [7, 11) is 4.44. The smallest absolute Gasteiger partial charge is 0.104 e. The Labute approximate surface area is 186 Å². The first-order valence-electron chi connectivity index (χ1n) is 11.5. The summed E-state index contributed by atoms with van der Waals surface area (Å²) in [5.74, 6) is 0. The third kappa shape index (κ3) is 22.8. The number of likely N-dealkylation sites (N-methyl/N-ethyl adjacent to an activating group) is 1. The predicted molar refractivity (Wildman–Crippen MR) is 121 cm³/mol. The molecule has 0 spiro atoms. The largest absolute Gasteiger partial charge is 1.00 e. The fraction of sp³-hybridized carbons (Fsp3) is 1.00. The first kappa shape index (κ1) is 29.9. The number of aliphatic hydroxyl groups is 1. The minimum atomic E-state index is -0.208. The molecule has 0 saturated carbocycles. The van der Waals surface area contributed by atoms with Gasteiger partial charge in [-0.05, 0) is 13.3 Å². The second kappa shape index (κ2) is 20.0. The number of quaternary nitrogens is 1. The number of unbranched alkanes of at least 4 members (excludes halogenated alkanes) is 12. The van der Waals surface area contributed by atoms with Crippen molar-refractivity contribution in [2.24, 2.45) is 0 Å². The molecule has 0 aliphatic heterocycles. The fourth-order valence-corrected chi connectivity index (χ4v) is 4.35. The molecule has 166 valence electrons. The molecule has 0 rings (SSSR count). The van der Waals surface area contributed by atoms with Crippen molar-refractivity contribution in [1.29, 1.82) is 0 Å². The minimum Gasteiger partial charge on any atom is -1.00 e. The molecule has 0 aromatic heterocycles. The second-order valence-corrected chi connectivity index (χ2v) is 10.4. The lowest BCUT2D eigenvalue weighted by Crippen LogP contribution is -3.00. The van der Waals surface area contributed by atoms with Crippen LogP contribution in [0.1, 0.15) is 110 Å². The molecule has 0 amide bonds. The number of hydrogen-bond donors (Lipinski definition) is 1. The third-order valence-corrected chi connectivity index (χ3v) is 6.34. The SMILES string of the molecule is CCCCCCCCCCCCCCCC(Br)CC[N+](C)(C)CC(C)O.[Cl-]. The average Bonchev–Trinajstić information content (AvgIpc) is 2.56. The van der Waals surface area contributed by atoms with Crippen LogP contribution in [0.4, 0.5) is 0 Å². The molecule has 0 bridgehead atoms. The summed E-state index contributed by atoms with van der Waals surface area (Å²) >= 11 is 3.86. The summed E-state index contributed by atoms with van der Waals surface area (Å²) in [5.41, 5.74) is 0. The van der Waals surface area contributed by atoms with Gasteiger partial charge in [0.2, 0.25) is 0 Å². The van der Waals surface area contributed by atoms with Gasteiger partial charge in [0.25, 0.3) is 0 Å². The first-order chi connectivity index (χ1) is 12.4. The molecule has 4 heteroatoms. The van der Waals surface area contributed by atoms with Gasteiger partial charge in [-0.25, -0.2) is 0 Å². The van der Waals surface area contributed by atoms with E-state index in [1.165, 1.54) is 96.3 Å². The van der Waals surface area contributed by atoms with Gasteiger partial charge in [0.15, 0.2) is 0 Å². The van der Waals surface area contributed by atoms with E-state index in [4.69, 9.17) is 0 Å². The van der Waals surface area contributed by atoms with Gasteiger partial charge in [0, 0.05) is 11.2 Å². The molecule has 0 aromatic carbocycles. The zero-order chi connectivity index (χ0) is 19.7. The fourth-order valence-electron chi connectivity index (χ4n) is 3.82. The minimum absolute atomic E-state index is 0. The van der Waals surface area contributed by atoms with E-state index < -0.39 is 0 Å². The summed E-state index contributed by atoms with van der Waals surface area (Å²) in [4.78, 5) is 0.640. The van der Waals surface area contributed by atoms with Crippen LogP contribution >= 0.6 is 15.9 Å². The van der Waals surface area contributed by atoms with E-state index in [1.54, 1.807) is 0 Å². The van der Waals surface area contributed by atoms with Gasteiger partial charge in [-0.15, -0.1) is 0 Å². The number of aliphatic hydroxyl groups excluding tert-OH is 1. The molecule has 0 aliphatic carbocycles. The van der Waals surface area contributed by atoms with Gasteiger partial charge in [0.05, 0.1) is 20.6 Å². The lowest BCUT2D eigenvalue weighted by atomic mass is 10.0. The molecule has 1 N–H and O–H groups in total. The van der Waals surface area contributed by atoms with Crippen molar-refractivity contribution in [1.82, 2.24) is 0 Å². The van der Waals surface area contributed by atoms with Crippen LogP contribution in [0, 0.1) is 0 Å². The highest BCUT2D eigenvalue weighted by molar-refractivity contribution is 9.09. The zero-order valence-corrected chi connectivity index (χ0v) is 21.2. The van der Waals surface area contributed by atoms with Crippen molar-refractivity contribution in [3.8, 4) is 0 Å². The van der Waals surface area contributed by atoms with Crippen LogP contribution in [-0.2, 0) is 0 Å². The van der Waals surface area contributed by atoms with E-state index >= 15 is 0 Å². The maximum atomic E-state index is 9.56. The molecule has 0 radical (unpaired) electrons. The third-order valence-electron chi connectivity index (χ3n) is 5.43. The van der Waals surface area contributed by atoms with Crippen LogP contribution in [-0.4, -0.2) is 47.7 Å². The Morgan fingerprint density at radius 2 is 1.15 bits per heavy atom. The van der Waals surface area contributed by atoms with Gasteiger partial charge >= 0.3 is 0 Å². The monoisotopic (exact) mass is 469 g/mol. The Morgan fingerprint density at radius 3 is 1.56 bits per heavy atom. The van der Waals surface area contributed by atoms with Gasteiger partial charge in [-0.2, -0.15) is 0 Å². The number of rotatable bonds is 19. The summed E-state index contributed by atoms with van der Waals surface area (Å²) in [5, 5.41) is 9.56. The second-order valence-electron chi connectivity index (χ2n) is 9.11. The number of hydrogen-bond acceptors (Lipinski definition) is 1. The normalized spacial score (nSPS) is 14.0. The van der Waals surface area contributed by atoms with Crippen molar-refractivity contribution < 1.29 is 22.0 Å².